The van der Waals surface area contributed by atoms with Crippen molar-refractivity contribution in [2.75, 3.05) is 0 Å². The zero-order valence-electron chi connectivity index (χ0n) is 10.7. The summed E-state index contributed by atoms with van der Waals surface area (Å²) in [5.74, 6) is 7.80. The summed E-state index contributed by atoms with van der Waals surface area (Å²) in [4.78, 5) is 4.81. The summed E-state index contributed by atoms with van der Waals surface area (Å²) in [5.41, 5.74) is 4.25. The van der Waals surface area contributed by atoms with Crippen LogP contribution in [-0.4, -0.2) is 11.9 Å². The third kappa shape index (κ3) is 2.41. The van der Waals surface area contributed by atoms with Gasteiger partial charge in [0.1, 0.15) is 5.84 Å². The van der Waals surface area contributed by atoms with Crippen LogP contribution in [0.25, 0.3) is 0 Å². The molecule has 3 heteroatoms. The number of nitrogens with zero attached hydrogens (tertiary/aromatic N) is 1. The summed E-state index contributed by atoms with van der Waals surface area (Å²) in [5, 5.41) is 0. The van der Waals surface area contributed by atoms with Crippen LogP contribution in [0.15, 0.2) is 35.3 Å². The van der Waals surface area contributed by atoms with E-state index < -0.39 is 0 Å². The van der Waals surface area contributed by atoms with Gasteiger partial charge in [-0.25, -0.2) is 5.84 Å². The molecule has 1 aromatic carbocycles. The van der Waals surface area contributed by atoms with Gasteiger partial charge in [0.25, 0.3) is 0 Å². The summed E-state index contributed by atoms with van der Waals surface area (Å²) < 4.78 is 0. The normalized spacial score (nSPS) is 28.4. The number of amidine groups is 1. The second kappa shape index (κ2) is 5.11. The van der Waals surface area contributed by atoms with E-state index in [0.717, 1.165) is 5.84 Å². The van der Waals surface area contributed by atoms with Crippen molar-refractivity contribution in [2.24, 2.45) is 16.8 Å². The minimum Gasteiger partial charge on any atom is -0.312 e. The molecule has 0 saturated heterocycles. The third-order valence-electron chi connectivity index (χ3n) is 4.16. The van der Waals surface area contributed by atoms with E-state index in [1.54, 1.807) is 0 Å². The molecule has 0 radical (unpaired) electrons. The van der Waals surface area contributed by atoms with Crippen molar-refractivity contribution in [1.29, 1.82) is 0 Å². The van der Waals surface area contributed by atoms with Gasteiger partial charge >= 0.3 is 0 Å². The monoisotopic (exact) mass is 243 g/mol. The Hall–Kier alpha value is -1.35. The largest absolute Gasteiger partial charge is 0.312 e. The fraction of sp³-hybridized carbons (Fsp3) is 0.533. The Morgan fingerprint density at radius 3 is 2.56 bits per heavy atom. The van der Waals surface area contributed by atoms with Crippen molar-refractivity contribution in [3.05, 3.63) is 35.9 Å². The van der Waals surface area contributed by atoms with E-state index in [9.17, 15) is 0 Å². The second-order valence-corrected chi connectivity index (χ2v) is 5.46. The molecule has 3 N–H and O–H groups in total. The molecule has 1 aromatic rings. The maximum atomic E-state index is 5.65. The van der Waals surface area contributed by atoms with Gasteiger partial charge in [-0.05, 0) is 30.7 Å². The van der Waals surface area contributed by atoms with Gasteiger partial charge in [0.05, 0.1) is 6.04 Å². The standard InChI is InChI=1S/C15H21N3/c16-18-15(17-12-8-4-5-9-12)14-10-13(14)11-6-2-1-3-7-11/h1-3,6-7,12-14H,4-5,8-10,16H2,(H,17,18). The van der Waals surface area contributed by atoms with Crippen molar-refractivity contribution < 1.29 is 0 Å². The molecule has 96 valence electrons. The highest BCUT2D eigenvalue weighted by molar-refractivity contribution is 5.88. The molecule has 18 heavy (non-hydrogen) atoms. The first-order chi connectivity index (χ1) is 8.88. The Balaban J connectivity index is 1.68. The number of benzene rings is 1. The van der Waals surface area contributed by atoms with Crippen LogP contribution in [0.2, 0.25) is 0 Å². The minimum absolute atomic E-state index is 0.507. The summed E-state index contributed by atoms with van der Waals surface area (Å²) in [6.45, 7) is 0. The average Bonchev–Trinajstić information content (AvgIpc) is 3.05. The minimum atomic E-state index is 0.507. The van der Waals surface area contributed by atoms with E-state index in [-0.39, 0.29) is 0 Å². The van der Waals surface area contributed by atoms with Crippen molar-refractivity contribution in [1.82, 2.24) is 5.43 Å². The van der Waals surface area contributed by atoms with Gasteiger partial charge in [0.15, 0.2) is 0 Å². The first-order valence-electron chi connectivity index (χ1n) is 6.97. The van der Waals surface area contributed by atoms with E-state index in [1.165, 1.54) is 37.7 Å². The van der Waals surface area contributed by atoms with Crippen molar-refractivity contribution in [2.45, 2.75) is 44.1 Å². The SMILES string of the molecule is NNC(=NC1CCCC1)C1CC1c1ccccc1. The van der Waals surface area contributed by atoms with Gasteiger partial charge in [-0.15, -0.1) is 0 Å². The molecule has 2 saturated carbocycles. The molecule has 3 rings (SSSR count). The zero-order valence-corrected chi connectivity index (χ0v) is 10.7. The number of rotatable bonds is 3. The number of hydrazine groups is 1. The Bertz CT molecular complexity index is 421. The van der Waals surface area contributed by atoms with E-state index in [4.69, 9.17) is 10.8 Å². The highest BCUT2D eigenvalue weighted by Crippen LogP contribution is 2.48. The first kappa shape index (κ1) is 11.7. The Morgan fingerprint density at radius 1 is 1.17 bits per heavy atom. The van der Waals surface area contributed by atoms with Crippen LogP contribution in [0.1, 0.15) is 43.6 Å². The summed E-state index contributed by atoms with van der Waals surface area (Å²) in [7, 11) is 0. The Labute approximate surface area is 108 Å². The lowest BCUT2D eigenvalue weighted by molar-refractivity contribution is 0.692. The van der Waals surface area contributed by atoms with Crippen molar-refractivity contribution in [3.63, 3.8) is 0 Å². The predicted octanol–water partition coefficient (Wildman–Crippen LogP) is 2.59. The Morgan fingerprint density at radius 2 is 1.89 bits per heavy atom. The highest BCUT2D eigenvalue weighted by Gasteiger charge is 2.42. The fourth-order valence-corrected chi connectivity index (χ4v) is 3.04. The van der Waals surface area contributed by atoms with Gasteiger partial charge < -0.3 is 5.43 Å². The molecule has 2 aliphatic carbocycles. The molecule has 2 unspecified atom stereocenters. The summed E-state index contributed by atoms with van der Waals surface area (Å²) in [6.07, 6.45) is 6.28. The molecule has 3 nitrogen and oxygen atoms in total. The van der Waals surface area contributed by atoms with E-state index in [1.807, 2.05) is 0 Å². The lowest BCUT2D eigenvalue weighted by atomic mass is 10.1. The van der Waals surface area contributed by atoms with Crippen molar-refractivity contribution in [3.8, 4) is 0 Å². The zero-order chi connectivity index (χ0) is 12.4. The molecule has 0 aromatic heterocycles. The van der Waals surface area contributed by atoms with Crippen LogP contribution in [-0.2, 0) is 0 Å². The van der Waals surface area contributed by atoms with Crippen molar-refractivity contribution >= 4 is 5.84 Å². The fourth-order valence-electron chi connectivity index (χ4n) is 3.04. The second-order valence-electron chi connectivity index (χ2n) is 5.46. The molecule has 0 aliphatic heterocycles. The number of hydrogen-bond donors (Lipinski definition) is 2. The maximum absolute atomic E-state index is 5.65. The topological polar surface area (TPSA) is 50.4 Å². The van der Waals surface area contributed by atoms with Gasteiger partial charge in [-0.1, -0.05) is 43.2 Å². The highest BCUT2D eigenvalue weighted by atomic mass is 15.3. The number of nitrogens with one attached hydrogen (secondary N) is 1. The molecular weight excluding hydrogens is 222 g/mol. The number of aliphatic imine (C=N–C) groups is 1. The molecule has 0 heterocycles. The van der Waals surface area contributed by atoms with E-state index in [0.29, 0.717) is 17.9 Å². The van der Waals surface area contributed by atoms with Crippen LogP contribution in [0.3, 0.4) is 0 Å². The van der Waals surface area contributed by atoms with Gasteiger partial charge in [0.2, 0.25) is 0 Å². The van der Waals surface area contributed by atoms with Crippen LogP contribution in [0.4, 0.5) is 0 Å². The molecule has 0 amide bonds. The summed E-state index contributed by atoms with van der Waals surface area (Å²) >= 11 is 0. The number of nitrogens with two attached hydrogens (primary N) is 1. The first-order valence-corrected chi connectivity index (χ1v) is 6.97. The lowest BCUT2D eigenvalue weighted by Gasteiger charge is -2.09. The third-order valence-corrected chi connectivity index (χ3v) is 4.16. The van der Waals surface area contributed by atoms with Gasteiger partial charge in [-0.2, -0.15) is 0 Å². The quantitative estimate of drug-likeness (QED) is 0.371. The molecule has 2 fully saturated rings. The Kier molecular flexibility index (Phi) is 3.33. The lowest BCUT2D eigenvalue weighted by Crippen LogP contribution is -2.33. The van der Waals surface area contributed by atoms with E-state index in [2.05, 4.69) is 35.8 Å². The van der Waals surface area contributed by atoms with Gasteiger partial charge in [-0.3, -0.25) is 4.99 Å². The molecule has 2 atom stereocenters. The number of hydrogen-bond acceptors (Lipinski definition) is 2. The van der Waals surface area contributed by atoms with Crippen LogP contribution < -0.4 is 11.3 Å². The molecule has 2 aliphatic rings. The van der Waals surface area contributed by atoms with Crippen LogP contribution in [0.5, 0.6) is 0 Å². The average molecular weight is 243 g/mol. The van der Waals surface area contributed by atoms with Crippen LogP contribution >= 0.6 is 0 Å². The summed E-state index contributed by atoms with van der Waals surface area (Å²) in [6, 6.07) is 11.2. The smallest absolute Gasteiger partial charge is 0.114 e. The molecule has 0 spiro atoms. The predicted molar refractivity (Wildman–Crippen MR) is 74.3 cm³/mol. The van der Waals surface area contributed by atoms with E-state index >= 15 is 0 Å². The molecule has 0 bridgehead atoms. The van der Waals surface area contributed by atoms with Gasteiger partial charge in [0, 0.05) is 5.92 Å². The molecular formula is C15H21N3. The maximum Gasteiger partial charge on any atom is 0.114 e. The van der Waals surface area contributed by atoms with Crippen LogP contribution in [0, 0.1) is 5.92 Å².